The van der Waals surface area contributed by atoms with Crippen LogP contribution in [-0.4, -0.2) is 46.9 Å². The van der Waals surface area contributed by atoms with Crippen molar-refractivity contribution in [1.82, 2.24) is 4.90 Å². The zero-order chi connectivity index (χ0) is 15.6. The summed E-state index contributed by atoms with van der Waals surface area (Å²) in [6.07, 6.45) is 0.206. The standard InChI is InChI=1S/C15H18N2O4/c1-3-12(15(20)21)17-13(18)8-16(9-14(17)19)11-6-4-10(2)5-7-11/h4-7,12H,3,8-9H2,1-2H3,(H,20,21). The molecule has 2 amide bonds. The van der Waals surface area contributed by atoms with E-state index in [4.69, 9.17) is 5.11 Å². The average molecular weight is 290 g/mol. The van der Waals surface area contributed by atoms with Crippen LogP contribution in [-0.2, 0) is 14.4 Å². The molecule has 1 N–H and O–H groups in total. The second-order valence-electron chi connectivity index (χ2n) is 5.11. The molecular weight excluding hydrogens is 272 g/mol. The van der Waals surface area contributed by atoms with Gasteiger partial charge in [0.1, 0.15) is 6.04 Å². The Morgan fingerprint density at radius 3 is 2.14 bits per heavy atom. The number of aryl methyl sites for hydroxylation is 1. The Hall–Kier alpha value is -2.37. The Morgan fingerprint density at radius 1 is 1.19 bits per heavy atom. The van der Waals surface area contributed by atoms with E-state index >= 15 is 0 Å². The monoisotopic (exact) mass is 290 g/mol. The summed E-state index contributed by atoms with van der Waals surface area (Å²) in [6.45, 7) is 3.62. The van der Waals surface area contributed by atoms with Crippen molar-refractivity contribution in [3.05, 3.63) is 29.8 Å². The molecule has 1 atom stereocenters. The molecule has 1 aromatic carbocycles. The normalized spacial score (nSPS) is 17.0. The van der Waals surface area contributed by atoms with Crippen molar-refractivity contribution in [2.24, 2.45) is 0 Å². The number of carboxylic acids is 1. The van der Waals surface area contributed by atoms with Gasteiger partial charge in [-0.05, 0) is 25.5 Å². The molecule has 6 heteroatoms. The second kappa shape index (κ2) is 5.95. The molecule has 1 aliphatic heterocycles. The van der Waals surface area contributed by atoms with Crippen molar-refractivity contribution in [2.45, 2.75) is 26.3 Å². The van der Waals surface area contributed by atoms with E-state index in [-0.39, 0.29) is 19.5 Å². The van der Waals surface area contributed by atoms with Crippen molar-refractivity contribution in [3.8, 4) is 0 Å². The minimum absolute atomic E-state index is 0.0125. The van der Waals surface area contributed by atoms with Gasteiger partial charge in [-0.3, -0.25) is 14.5 Å². The number of aliphatic carboxylic acids is 1. The van der Waals surface area contributed by atoms with Gasteiger partial charge in [0.05, 0.1) is 13.1 Å². The Labute approximate surface area is 123 Å². The number of amides is 2. The van der Waals surface area contributed by atoms with Crippen LogP contribution in [0.3, 0.4) is 0 Å². The lowest BCUT2D eigenvalue weighted by Gasteiger charge is -2.36. The molecule has 0 bridgehead atoms. The van der Waals surface area contributed by atoms with E-state index in [0.29, 0.717) is 0 Å². The number of nitrogens with zero attached hydrogens (tertiary/aromatic N) is 2. The number of carbonyl (C=O) groups is 3. The molecular formula is C15H18N2O4. The van der Waals surface area contributed by atoms with Crippen LogP contribution in [0.2, 0.25) is 0 Å². The molecule has 21 heavy (non-hydrogen) atoms. The fraction of sp³-hybridized carbons (Fsp3) is 0.400. The molecule has 1 fully saturated rings. The largest absolute Gasteiger partial charge is 0.480 e. The topological polar surface area (TPSA) is 77.9 Å². The van der Waals surface area contributed by atoms with E-state index in [1.807, 2.05) is 31.2 Å². The van der Waals surface area contributed by atoms with E-state index in [2.05, 4.69) is 0 Å². The highest BCUT2D eigenvalue weighted by atomic mass is 16.4. The van der Waals surface area contributed by atoms with Crippen molar-refractivity contribution in [2.75, 3.05) is 18.0 Å². The van der Waals surface area contributed by atoms with Crippen LogP contribution in [0.4, 0.5) is 5.69 Å². The first-order valence-electron chi connectivity index (χ1n) is 6.83. The summed E-state index contributed by atoms with van der Waals surface area (Å²) in [5, 5.41) is 9.11. The van der Waals surface area contributed by atoms with E-state index < -0.39 is 23.8 Å². The molecule has 112 valence electrons. The maximum Gasteiger partial charge on any atom is 0.326 e. The Bertz CT molecular complexity index is 550. The Balaban J connectivity index is 2.19. The Kier molecular flexibility index (Phi) is 4.26. The maximum atomic E-state index is 12.2. The summed E-state index contributed by atoms with van der Waals surface area (Å²) < 4.78 is 0. The van der Waals surface area contributed by atoms with Crippen LogP contribution < -0.4 is 4.90 Å². The Morgan fingerprint density at radius 2 is 1.71 bits per heavy atom. The number of benzene rings is 1. The van der Waals surface area contributed by atoms with Gasteiger partial charge >= 0.3 is 5.97 Å². The molecule has 0 radical (unpaired) electrons. The highest BCUT2D eigenvalue weighted by Gasteiger charge is 2.38. The average Bonchev–Trinajstić information content (AvgIpc) is 2.42. The molecule has 0 spiro atoms. The first kappa shape index (κ1) is 15.0. The number of hydrogen-bond acceptors (Lipinski definition) is 4. The minimum atomic E-state index is -1.15. The second-order valence-corrected chi connectivity index (χ2v) is 5.11. The van der Waals surface area contributed by atoms with Gasteiger partial charge < -0.3 is 10.0 Å². The molecule has 1 heterocycles. The molecule has 1 aliphatic rings. The molecule has 0 saturated carbocycles. The molecule has 6 nitrogen and oxygen atoms in total. The zero-order valence-electron chi connectivity index (χ0n) is 12.1. The molecule has 2 rings (SSSR count). The number of carboxylic acid groups (broad SMARTS) is 1. The van der Waals surface area contributed by atoms with Crippen molar-refractivity contribution >= 4 is 23.5 Å². The third-order valence-corrected chi connectivity index (χ3v) is 3.57. The smallest absolute Gasteiger partial charge is 0.326 e. The number of piperazine rings is 1. The molecule has 1 aromatic rings. The maximum absolute atomic E-state index is 12.2. The van der Waals surface area contributed by atoms with E-state index in [9.17, 15) is 14.4 Å². The van der Waals surface area contributed by atoms with E-state index in [0.717, 1.165) is 16.2 Å². The quantitative estimate of drug-likeness (QED) is 0.838. The van der Waals surface area contributed by atoms with Crippen LogP contribution >= 0.6 is 0 Å². The summed E-state index contributed by atoms with van der Waals surface area (Å²) >= 11 is 0. The third kappa shape index (κ3) is 3.04. The lowest BCUT2D eigenvalue weighted by atomic mass is 10.1. The summed E-state index contributed by atoms with van der Waals surface area (Å²) in [7, 11) is 0. The highest BCUT2D eigenvalue weighted by molar-refractivity contribution is 6.05. The van der Waals surface area contributed by atoms with Gasteiger partial charge in [0.15, 0.2) is 0 Å². The fourth-order valence-electron chi connectivity index (χ4n) is 2.43. The van der Waals surface area contributed by atoms with Gasteiger partial charge in [0.2, 0.25) is 11.8 Å². The minimum Gasteiger partial charge on any atom is -0.480 e. The van der Waals surface area contributed by atoms with Crippen molar-refractivity contribution in [1.29, 1.82) is 0 Å². The third-order valence-electron chi connectivity index (χ3n) is 3.57. The number of hydrogen-bond donors (Lipinski definition) is 1. The first-order chi connectivity index (χ1) is 9.93. The SMILES string of the molecule is CCC(C(=O)O)N1C(=O)CN(c2ccc(C)cc2)CC1=O. The van der Waals surface area contributed by atoms with Crippen LogP contribution in [0.25, 0.3) is 0 Å². The van der Waals surface area contributed by atoms with Gasteiger partial charge in [-0.15, -0.1) is 0 Å². The summed E-state index contributed by atoms with van der Waals surface area (Å²) in [5.74, 6) is -2.09. The number of imide groups is 1. The van der Waals surface area contributed by atoms with E-state index in [1.54, 1.807) is 11.8 Å². The fourth-order valence-corrected chi connectivity index (χ4v) is 2.43. The predicted octanol–water partition coefficient (Wildman–Crippen LogP) is 1.03. The van der Waals surface area contributed by atoms with Crippen LogP contribution in [0.1, 0.15) is 18.9 Å². The van der Waals surface area contributed by atoms with Gasteiger partial charge in [0, 0.05) is 5.69 Å². The molecule has 0 aromatic heterocycles. The molecule has 1 saturated heterocycles. The number of rotatable bonds is 4. The predicted molar refractivity (Wildman–Crippen MR) is 77.0 cm³/mol. The van der Waals surface area contributed by atoms with Gasteiger partial charge in [-0.1, -0.05) is 24.6 Å². The van der Waals surface area contributed by atoms with E-state index in [1.165, 1.54) is 0 Å². The first-order valence-corrected chi connectivity index (χ1v) is 6.83. The number of anilines is 1. The van der Waals surface area contributed by atoms with Crippen LogP contribution in [0.5, 0.6) is 0 Å². The summed E-state index contributed by atoms with van der Waals surface area (Å²) in [4.78, 5) is 38.0. The van der Waals surface area contributed by atoms with Crippen molar-refractivity contribution < 1.29 is 19.5 Å². The van der Waals surface area contributed by atoms with Crippen LogP contribution in [0, 0.1) is 6.92 Å². The summed E-state index contributed by atoms with van der Waals surface area (Å²) in [6, 6.07) is 6.43. The van der Waals surface area contributed by atoms with Crippen LogP contribution in [0.15, 0.2) is 24.3 Å². The van der Waals surface area contributed by atoms with Gasteiger partial charge in [0.25, 0.3) is 0 Å². The van der Waals surface area contributed by atoms with Gasteiger partial charge in [-0.25, -0.2) is 4.79 Å². The zero-order valence-corrected chi connectivity index (χ0v) is 12.1. The molecule has 1 unspecified atom stereocenters. The van der Waals surface area contributed by atoms with Crippen molar-refractivity contribution in [3.63, 3.8) is 0 Å². The summed E-state index contributed by atoms with van der Waals surface area (Å²) in [5.41, 5.74) is 1.87. The lowest BCUT2D eigenvalue weighted by Crippen LogP contribution is -2.59. The highest BCUT2D eigenvalue weighted by Crippen LogP contribution is 2.20. The van der Waals surface area contributed by atoms with Gasteiger partial charge in [-0.2, -0.15) is 0 Å². The number of carbonyl (C=O) groups excluding carboxylic acids is 2. The molecule has 0 aliphatic carbocycles. The lowest BCUT2D eigenvalue weighted by molar-refractivity contribution is -0.158.